The van der Waals surface area contributed by atoms with Crippen LogP contribution in [0, 0.1) is 0 Å². The molecular weight excluding hydrogens is 350 g/mol. The van der Waals surface area contributed by atoms with Crippen LogP contribution in [-0.4, -0.2) is 19.6 Å². The molecule has 3 nitrogen and oxygen atoms in total. The molecule has 1 N–H and O–H groups in total. The predicted molar refractivity (Wildman–Crippen MR) is 90.4 cm³/mol. The summed E-state index contributed by atoms with van der Waals surface area (Å²) < 4.78 is 6.19. The molecule has 0 spiro atoms. The number of carbonyl (C=O) groups excluding carboxylic acids is 1. The van der Waals surface area contributed by atoms with E-state index in [0.717, 1.165) is 15.8 Å². The van der Waals surface area contributed by atoms with E-state index in [1.54, 1.807) is 19.2 Å². The van der Waals surface area contributed by atoms with Gasteiger partial charge in [0.1, 0.15) is 5.75 Å². The number of halogens is 1. The summed E-state index contributed by atoms with van der Waals surface area (Å²) in [5, 5.41) is 2.90. The van der Waals surface area contributed by atoms with Crippen molar-refractivity contribution in [2.75, 3.05) is 13.7 Å². The number of hydrogen-bond donors (Lipinski definition) is 2. The molecule has 1 amide bonds. The fraction of sp³-hybridized carbons (Fsp3) is 0.188. The average molecular weight is 366 g/mol. The lowest BCUT2D eigenvalue weighted by Crippen LogP contribution is -2.26. The smallest absolute Gasteiger partial charge is 0.252 e. The van der Waals surface area contributed by atoms with Gasteiger partial charge in [-0.2, -0.15) is 0 Å². The van der Waals surface area contributed by atoms with E-state index in [-0.39, 0.29) is 5.91 Å². The van der Waals surface area contributed by atoms with E-state index in [0.29, 0.717) is 23.4 Å². The maximum atomic E-state index is 12.1. The van der Waals surface area contributed by atoms with E-state index in [4.69, 9.17) is 4.74 Å². The zero-order valence-electron chi connectivity index (χ0n) is 11.6. The van der Waals surface area contributed by atoms with E-state index in [2.05, 4.69) is 33.9 Å². The Morgan fingerprint density at radius 2 is 2.05 bits per heavy atom. The fourth-order valence-corrected chi connectivity index (χ4v) is 2.87. The molecule has 0 fully saturated rings. The Hall–Kier alpha value is -1.46. The van der Waals surface area contributed by atoms with Crippen molar-refractivity contribution in [1.82, 2.24) is 5.32 Å². The third-order valence-electron chi connectivity index (χ3n) is 3.08. The van der Waals surface area contributed by atoms with E-state index < -0.39 is 0 Å². The van der Waals surface area contributed by atoms with Crippen LogP contribution in [0.3, 0.4) is 0 Å². The summed E-state index contributed by atoms with van der Waals surface area (Å²) in [6.07, 6.45) is 0.716. The number of benzene rings is 2. The van der Waals surface area contributed by atoms with Gasteiger partial charge in [0.2, 0.25) is 0 Å². The van der Waals surface area contributed by atoms with Crippen molar-refractivity contribution in [3.63, 3.8) is 0 Å². The number of amides is 1. The van der Waals surface area contributed by atoms with Crippen molar-refractivity contribution in [2.45, 2.75) is 11.3 Å². The molecule has 0 aliphatic carbocycles. The van der Waals surface area contributed by atoms with Gasteiger partial charge in [0.15, 0.2) is 0 Å². The van der Waals surface area contributed by atoms with Crippen LogP contribution in [0.1, 0.15) is 15.9 Å². The highest BCUT2D eigenvalue weighted by Crippen LogP contribution is 2.20. The van der Waals surface area contributed by atoms with Crippen molar-refractivity contribution in [3.05, 3.63) is 58.1 Å². The maximum absolute atomic E-state index is 12.1. The highest BCUT2D eigenvalue weighted by molar-refractivity contribution is 9.10. The van der Waals surface area contributed by atoms with E-state index in [1.165, 1.54) is 0 Å². The second-order valence-electron chi connectivity index (χ2n) is 4.48. The van der Waals surface area contributed by atoms with Crippen molar-refractivity contribution in [1.29, 1.82) is 0 Å². The number of methoxy groups -OCH3 is 1. The number of nitrogens with one attached hydrogen (secondary N) is 1. The molecule has 0 aromatic heterocycles. The number of ether oxygens (including phenoxy) is 1. The molecule has 21 heavy (non-hydrogen) atoms. The highest BCUT2D eigenvalue weighted by atomic mass is 79.9. The fourth-order valence-electron chi connectivity index (χ4n) is 2.01. The maximum Gasteiger partial charge on any atom is 0.252 e. The third kappa shape index (κ3) is 4.25. The second kappa shape index (κ2) is 7.52. The lowest BCUT2D eigenvalue weighted by molar-refractivity contribution is 0.0951. The minimum absolute atomic E-state index is 0.123. The largest absolute Gasteiger partial charge is 0.496 e. The molecular formula is C16H16BrNO2S. The molecule has 2 rings (SSSR count). The number of hydrogen-bond acceptors (Lipinski definition) is 3. The van der Waals surface area contributed by atoms with Crippen LogP contribution in [-0.2, 0) is 6.42 Å². The molecule has 5 heteroatoms. The van der Waals surface area contributed by atoms with Gasteiger partial charge in [-0.15, -0.1) is 12.6 Å². The van der Waals surface area contributed by atoms with Gasteiger partial charge < -0.3 is 10.1 Å². The standard InChI is InChI=1S/C16H16BrNO2S/c1-20-14-5-3-2-4-11(14)8-9-18-16(19)13-7-6-12(17)10-15(13)21/h2-7,10,21H,8-9H2,1H3,(H,18,19). The van der Waals surface area contributed by atoms with Crippen LogP contribution in [0.15, 0.2) is 51.8 Å². The monoisotopic (exact) mass is 365 g/mol. The van der Waals surface area contributed by atoms with Crippen molar-refractivity contribution in [2.24, 2.45) is 0 Å². The Kier molecular flexibility index (Phi) is 5.70. The van der Waals surface area contributed by atoms with Crippen LogP contribution < -0.4 is 10.1 Å². The Bertz CT molecular complexity index is 646. The topological polar surface area (TPSA) is 38.3 Å². The first-order valence-electron chi connectivity index (χ1n) is 6.50. The molecule has 0 heterocycles. The quantitative estimate of drug-likeness (QED) is 0.792. The molecule has 0 bridgehead atoms. The lowest BCUT2D eigenvalue weighted by Gasteiger charge is -2.10. The second-order valence-corrected chi connectivity index (χ2v) is 5.88. The van der Waals surface area contributed by atoms with Gasteiger partial charge in [0.25, 0.3) is 5.91 Å². The number of thiol groups is 1. The Labute approximate surface area is 138 Å². The minimum Gasteiger partial charge on any atom is -0.496 e. The summed E-state index contributed by atoms with van der Waals surface area (Å²) in [4.78, 5) is 12.8. The number of carbonyl (C=O) groups is 1. The van der Waals surface area contributed by atoms with Gasteiger partial charge >= 0.3 is 0 Å². The van der Waals surface area contributed by atoms with Gasteiger partial charge in [-0.25, -0.2) is 0 Å². The summed E-state index contributed by atoms with van der Waals surface area (Å²) in [5.41, 5.74) is 1.64. The molecule has 0 radical (unpaired) electrons. The Morgan fingerprint density at radius 3 is 2.76 bits per heavy atom. The molecule has 0 atom stereocenters. The van der Waals surface area contributed by atoms with Crippen molar-refractivity contribution >= 4 is 34.5 Å². The first-order chi connectivity index (χ1) is 10.1. The Balaban J connectivity index is 1.95. The van der Waals surface area contributed by atoms with Crippen LogP contribution >= 0.6 is 28.6 Å². The number of para-hydroxylation sites is 1. The van der Waals surface area contributed by atoms with E-state index in [1.807, 2.05) is 30.3 Å². The molecule has 0 saturated heterocycles. The number of rotatable bonds is 5. The molecule has 0 aliphatic heterocycles. The molecule has 0 unspecified atom stereocenters. The van der Waals surface area contributed by atoms with Gasteiger partial charge in [-0.3, -0.25) is 4.79 Å². The zero-order chi connectivity index (χ0) is 15.2. The van der Waals surface area contributed by atoms with Gasteiger partial charge in [-0.05, 0) is 36.2 Å². The molecule has 2 aromatic carbocycles. The summed E-state index contributed by atoms with van der Waals surface area (Å²) in [6.45, 7) is 0.544. The zero-order valence-corrected chi connectivity index (χ0v) is 14.1. The predicted octanol–water partition coefficient (Wildman–Crippen LogP) is 3.72. The van der Waals surface area contributed by atoms with Crippen molar-refractivity contribution < 1.29 is 9.53 Å². The van der Waals surface area contributed by atoms with Crippen molar-refractivity contribution in [3.8, 4) is 5.75 Å². The molecule has 0 saturated carbocycles. The summed E-state index contributed by atoms with van der Waals surface area (Å²) in [7, 11) is 1.65. The summed E-state index contributed by atoms with van der Waals surface area (Å²) in [6, 6.07) is 13.2. The summed E-state index contributed by atoms with van der Waals surface area (Å²) >= 11 is 7.67. The van der Waals surface area contributed by atoms with Crippen LogP contribution in [0.4, 0.5) is 0 Å². The van der Waals surface area contributed by atoms with Crippen LogP contribution in [0.2, 0.25) is 0 Å². The SMILES string of the molecule is COc1ccccc1CCNC(=O)c1ccc(Br)cc1S. The van der Waals surface area contributed by atoms with Gasteiger partial charge in [0.05, 0.1) is 12.7 Å². The first kappa shape index (κ1) is 15.9. The van der Waals surface area contributed by atoms with Gasteiger partial charge in [-0.1, -0.05) is 34.1 Å². The van der Waals surface area contributed by atoms with E-state index in [9.17, 15) is 4.79 Å². The minimum atomic E-state index is -0.123. The summed E-state index contributed by atoms with van der Waals surface area (Å²) in [5.74, 6) is 0.715. The Morgan fingerprint density at radius 1 is 1.29 bits per heavy atom. The third-order valence-corrected chi connectivity index (χ3v) is 3.94. The van der Waals surface area contributed by atoms with Gasteiger partial charge in [0, 0.05) is 15.9 Å². The first-order valence-corrected chi connectivity index (χ1v) is 7.74. The van der Waals surface area contributed by atoms with E-state index >= 15 is 0 Å². The van der Waals surface area contributed by atoms with Crippen LogP contribution in [0.5, 0.6) is 5.75 Å². The molecule has 0 aliphatic rings. The molecule has 2 aromatic rings. The highest BCUT2D eigenvalue weighted by Gasteiger charge is 2.09. The molecule has 110 valence electrons. The van der Waals surface area contributed by atoms with Crippen LogP contribution in [0.25, 0.3) is 0 Å². The lowest BCUT2D eigenvalue weighted by atomic mass is 10.1. The normalized spacial score (nSPS) is 10.2. The average Bonchev–Trinajstić information content (AvgIpc) is 2.47.